The number of Topliss-reactive ketones (excluding diaryl/α,β-unsaturated/α-hetero) is 1. The fraction of sp³-hybridized carbons (Fsp3) is 0.500. The number of nitrogens with zero attached hydrogens (tertiary/aromatic N) is 2. The Hall–Kier alpha value is -2.79. The van der Waals surface area contributed by atoms with E-state index in [2.05, 4.69) is 11.8 Å². The molecule has 0 radical (unpaired) electrons. The van der Waals surface area contributed by atoms with E-state index in [0.717, 1.165) is 30.5 Å². The molecular formula is C30H38N2O3. The minimum Gasteiger partial charge on any atom is -0.300 e. The molecule has 1 saturated heterocycles. The summed E-state index contributed by atoms with van der Waals surface area (Å²) in [5.41, 5.74) is 3.31. The van der Waals surface area contributed by atoms with Crippen LogP contribution < -0.4 is 0 Å². The Morgan fingerprint density at radius 3 is 2.49 bits per heavy atom. The molecule has 1 unspecified atom stereocenters. The van der Waals surface area contributed by atoms with E-state index in [9.17, 15) is 14.4 Å². The van der Waals surface area contributed by atoms with Gasteiger partial charge >= 0.3 is 0 Å². The maximum absolute atomic E-state index is 13.0. The molecule has 0 N–H and O–H groups in total. The van der Waals surface area contributed by atoms with Crippen molar-refractivity contribution in [1.82, 2.24) is 9.80 Å². The second kappa shape index (κ2) is 11.8. The third-order valence-electron chi connectivity index (χ3n) is 7.49. The largest absolute Gasteiger partial charge is 0.300 e. The van der Waals surface area contributed by atoms with Crippen LogP contribution in [0.25, 0.3) is 0 Å². The summed E-state index contributed by atoms with van der Waals surface area (Å²) in [4.78, 5) is 42.6. The number of aryl methyl sites for hydroxylation is 1. The summed E-state index contributed by atoms with van der Waals surface area (Å²) < 4.78 is 0. The maximum atomic E-state index is 13.0. The number of unbranched alkanes of at least 4 members (excludes halogenated alkanes) is 2. The van der Waals surface area contributed by atoms with Gasteiger partial charge in [0.2, 0.25) is 0 Å². The second-order valence-corrected chi connectivity index (χ2v) is 10.2. The molecule has 5 heteroatoms. The molecule has 2 heterocycles. The van der Waals surface area contributed by atoms with Gasteiger partial charge in [-0.3, -0.25) is 19.3 Å². The lowest BCUT2D eigenvalue weighted by Crippen LogP contribution is -2.40. The van der Waals surface area contributed by atoms with Crippen molar-refractivity contribution < 1.29 is 14.4 Å². The van der Waals surface area contributed by atoms with Gasteiger partial charge in [-0.25, -0.2) is 0 Å². The normalized spacial score (nSPS) is 18.2. The highest BCUT2D eigenvalue weighted by atomic mass is 16.2. The number of fused-ring (bicyclic) bond motifs is 1. The van der Waals surface area contributed by atoms with Crippen molar-refractivity contribution in [2.75, 3.05) is 13.1 Å². The molecule has 0 aliphatic carbocycles. The Morgan fingerprint density at radius 2 is 1.71 bits per heavy atom. The van der Waals surface area contributed by atoms with Crippen molar-refractivity contribution in [3.8, 4) is 0 Å². The number of rotatable bonds is 11. The van der Waals surface area contributed by atoms with Crippen LogP contribution >= 0.6 is 0 Å². The van der Waals surface area contributed by atoms with Crippen molar-refractivity contribution in [3.63, 3.8) is 0 Å². The van der Waals surface area contributed by atoms with Crippen LogP contribution in [0.15, 0.2) is 42.5 Å². The smallest absolute Gasteiger partial charge is 0.261 e. The molecule has 186 valence electrons. The van der Waals surface area contributed by atoms with E-state index in [4.69, 9.17) is 0 Å². The summed E-state index contributed by atoms with van der Waals surface area (Å²) in [7, 11) is 0. The van der Waals surface area contributed by atoms with Crippen molar-refractivity contribution in [2.24, 2.45) is 0 Å². The number of imide groups is 1. The number of likely N-dealkylation sites (tertiary alicyclic amines) is 1. The molecule has 4 rings (SSSR count). The molecule has 2 aromatic rings. The Morgan fingerprint density at radius 1 is 0.943 bits per heavy atom. The lowest BCUT2D eigenvalue weighted by molar-refractivity contribution is 0.0642. The van der Waals surface area contributed by atoms with Crippen molar-refractivity contribution >= 4 is 17.6 Å². The maximum Gasteiger partial charge on any atom is 0.261 e. The molecular weight excluding hydrogens is 436 g/mol. The summed E-state index contributed by atoms with van der Waals surface area (Å²) in [6.45, 7) is 6.74. The lowest BCUT2D eigenvalue weighted by atomic mass is 9.96. The summed E-state index contributed by atoms with van der Waals surface area (Å²) in [6, 6.07) is 13.5. The summed E-state index contributed by atoms with van der Waals surface area (Å²) in [6.07, 6.45) is 10.1. The predicted octanol–water partition coefficient (Wildman–Crippen LogP) is 6.19. The third-order valence-corrected chi connectivity index (χ3v) is 7.49. The number of piperidine rings is 1. The van der Waals surface area contributed by atoms with Crippen molar-refractivity contribution in [2.45, 2.75) is 84.2 Å². The Bertz CT molecular complexity index is 1060. The zero-order valence-electron chi connectivity index (χ0n) is 21.2. The number of benzene rings is 2. The fourth-order valence-electron chi connectivity index (χ4n) is 5.35. The van der Waals surface area contributed by atoms with E-state index in [1.807, 2.05) is 31.2 Å². The highest BCUT2D eigenvalue weighted by molar-refractivity contribution is 6.22. The van der Waals surface area contributed by atoms with Gasteiger partial charge in [-0.15, -0.1) is 0 Å². The highest BCUT2D eigenvalue weighted by Gasteiger charge is 2.36. The number of ketones is 1. The Kier molecular flexibility index (Phi) is 8.50. The molecule has 2 aliphatic heterocycles. The standard InChI is InChI=1S/C30H38N2O3/c1-3-4-9-25-10-5-7-18-31(25)19-8-6-11-28(33)24-16-17-26-27(20-24)30(35)32(29(26)34)21-23-14-12-22(2)13-15-23/h12-17,20,25H,3-11,18-19,21H2,1-2H3. The number of hydrogen-bond acceptors (Lipinski definition) is 4. The molecule has 0 spiro atoms. The summed E-state index contributed by atoms with van der Waals surface area (Å²) in [5, 5.41) is 0. The van der Waals surface area contributed by atoms with Gasteiger partial charge in [0.25, 0.3) is 11.8 Å². The van der Waals surface area contributed by atoms with E-state index in [0.29, 0.717) is 29.2 Å². The van der Waals surface area contributed by atoms with Crippen LogP contribution in [0, 0.1) is 6.92 Å². The first-order valence-electron chi connectivity index (χ1n) is 13.3. The van der Waals surface area contributed by atoms with Crippen molar-refractivity contribution in [3.05, 3.63) is 70.3 Å². The summed E-state index contributed by atoms with van der Waals surface area (Å²) in [5.74, 6) is -0.557. The first-order chi connectivity index (χ1) is 17.0. The molecule has 1 atom stereocenters. The quantitative estimate of drug-likeness (QED) is 0.221. The highest BCUT2D eigenvalue weighted by Crippen LogP contribution is 2.27. The Labute approximate surface area is 209 Å². The molecule has 0 saturated carbocycles. The van der Waals surface area contributed by atoms with E-state index in [1.165, 1.54) is 50.0 Å². The van der Waals surface area contributed by atoms with Gasteiger partial charge in [-0.2, -0.15) is 0 Å². The Balaban J connectivity index is 1.31. The number of amides is 2. The van der Waals surface area contributed by atoms with Crippen molar-refractivity contribution in [1.29, 1.82) is 0 Å². The van der Waals surface area contributed by atoms with Crippen LogP contribution in [-0.2, 0) is 6.54 Å². The van der Waals surface area contributed by atoms with E-state index in [1.54, 1.807) is 18.2 Å². The van der Waals surface area contributed by atoms with Gasteiger partial charge in [0.05, 0.1) is 17.7 Å². The van der Waals surface area contributed by atoms with Crippen LogP contribution in [0.2, 0.25) is 0 Å². The van der Waals surface area contributed by atoms with E-state index < -0.39 is 0 Å². The molecule has 5 nitrogen and oxygen atoms in total. The van der Waals surface area contributed by atoms with Crippen LogP contribution in [0.1, 0.15) is 107 Å². The van der Waals surface area contributed by atoms with Gasteiger partial charge < -0.3 is 4.90 Å². The van der Waals surface area contributed by atoms with Gasteiger partial charge in [0, 0.05) is 18.0 Å². The number of carbonyl (C=O) groups excluding carboxylic acids is 3. The average Bonchev–Trinajstić information content (AvgIpc) is 3.11. The average molecular weight is 475 g/mol. The zero-order valence-corrected chi connectivity index (χ0v) is 21.2. The lowest BCUT2D eigenvalue weighted by Gasteiger charge is -2.36. The monoisotopic (exact) mass is 474 g/mol. The molecule has 2 amide bonds. The van der Waals surface area contributed by atoms with Crippen LogP contribution in [0.4, 0.5) is 0 Å². The topological polar surface area (TPSA) is 57.7 Å². The molecule has 0 aromatic heterocycles. The molecule has 2 aliphatic rings. The van der Waals surface area contributed by atoms with Gasteiger partial charge in [-0.1, -0.05) is 62.1 Å². The SMILES string of the molecule is CCCCC1CCCCN1CCCCC(=O)c1ccc2c(c1)C(=O)N(Cc1ccc(C)cc1)C2=O. The number of hydrogen-bond donors (Lipinski definition) is 0. The number of carbonyl (C=O) groups is 3. The van der Waals surface area contributed by atoms with Gasteiger partial charge in [0.1, 0.15) is 0 Å². The van der Waals surface area contributed by atoms with E-state index in [-0.39, 0.29) is 24.1 Å². The first kappa shape index (κ1) is 25.3. The molecule has 35 heavy (non-hydrogen) atoms. The molecule has 1 fully saturated rings. The van der Waals surface area contributed by atoms with E-state index >= 15 is 0 Å². The third kappa shape index (κ3) is 6.07. The predicted molar refractivity (Wildman–Crippen MR) is 139 cm³/mol. The first-order valence-corrected chi connectivity index (χ1v) is 13.3. The summed E-state index contributed by atoms with van der Waals surface area (Å²) >= 11 is 0. The molecule has 0 bridgehead atoms. The fourth-order valence-corrected chi connectivity index (χ4v) is 5.35. The zero-order chi connectivity index (χ0) is 24.8. The molecule has 2 aromatic carbocycles. The van der Waals surface area contributed by atoms with Gasteiger partial charge in [0.15, 0.2) is 5.78 Å². The minimum atomic E-state index is -0.316. The van der Waals surface area contributed by atoms with Crippen LogP contribution in [0.5, 0.6) is 0 Å². The van der Waals surface area contributed by atoms with Crippen LogP contribution in [-0.4, -0.2) is 46.5 Å². The minimum absolute atomic E-state index is 0.0474. The second-order valence-electron chi connectivity index (χ2n) is 10.2. The van der Waals surface area contributed by atoms with Crippen LogP contribution in [0.3, 0.4) is 0 Å². The van der Waals surface area contributed by atoms with Gasteiger partial charge in [-0.05, 0) is 69.8 Å².